The molecule has 3 rings (SSSR count). The van der Waals surface area contributed by atoms with E-state index in [0.717, 1.165) is 16.7 Å². The molecule has 0 aliphatic carbocycles. The Morgan fingerprint density at radius 3 is 2.35 bits per heavy atom. The van der Waals surface area contributed by atoms with Gasteiger partial charge in [-0.3, -0.25) is 0 Å². The summed E-state index contributed by atoms with van der Waals surface area (Å²) in [6.45, 7) is 4.09. The highest BCUT2D eigenvalue weighted by Gasteiger charge is 2.11. The maximum absolute atomic E-state index is 5.98. The van der Waals surface area contributed by atoms with Crippen molar-refractivity contribution in [3.05, 3.63) is 46.6 Å². The van der Waals surface area contributed by atoms with E-state index in [9.17, 15) is 0 Å². The van der Waals surface area contributed by atoms with Crippen LogP contribution in [0.1, 0.15) is 11.1 Å². The zero-order chi connectivity index (χ0) is 14.3. The number of hydrogen-bond donors (Lipinski definition) is 1. The lowest BCUT2D eigenvalue weighted by Gasteiger charge is -2.08. The first kappa shape index (κ1) is 12.8. The lowest BCUT2D eigenvalue weighted by molar-refractivity contribution is 1.21. The number of anilines is 1. The molecule has 0 aliphatic rings. The molecule has 4 nitrogen and oxygen atoms in total. The van der Waals surface area contributed by atoms with Crippen molar-refractivity contribution in [1.29, 1.82) is 0 Å². The Labute approximate surface area is 121 Å². The van der Waals surface area contributed by atoms with Gasteiger partial charge in [-0.25, -0.2) is 15.0 Å². The van der Waals surface area contributed by atoms with Crippen molar-refractivity contribution in [3.63, 3.8) is 0 Å². The van der Waals surface area contributed by atoms with Gasteiger partial charge < -0.3 is 5.73 Å². The number of halogens is 1. The number of nitrogens with zero attached hydrogens (tertiary/aromatic N) is 3. The van der Waals surface area contributed by atoms with Crippen LogP contribution in [0.15, 0.2) is 30.3 Å². The Morgan fingerprint density at radius 2 is 1.65 bits per heavy atom. The molecule has 2 N–H and O–H groups in total. The van der Waals surface area contributed by atoms with E-state index < -0.39 is 0 Å². The molecule has 20 heavy (non-hydrogen) atoms. The number of pyridine rings is 1. The largest absolute Gasteiger partial charge is 0.368 e. The molecule has 100 valence electrons. The lowest BCUT2D eigenvalue weighted by atomic mass is 10.0. The van der Waals surface area contributed by atoms with Crippen LogP contribution in [0.25, 0.3) is 22.3 Å². The number of nitrogen functional groups attached to an aromatic ring is 1. The molecule has 0 radical (unpaired) electrons. The van der Waals surface area contributed by atoms with Gasteiger partial charge in [0, 0.05) is 5.56 Å². The molecule has 0 spiro atoms. The molecule has 0 atom stereocenters. The quantitative estimate of drug-likeness (QED) is 0.694. The van der Waals surface area contributed by atoms with Gasteiger partial charge in [0.05, 0.1) is 5.52 Å². The second-order valence-corrected chi connectivity index (χ2v) is 5.20. The molecule has 1 aromatic carbocycles. The smallest absolute Gasteiger partial charge is 0.221 e. The number of aromatic nitrogens is 3. The highest BCUT2D eigenvalue weighted by atomic mass is 35.5. The van der Waals surface area contributed by atoms with Crippen molar-refractivity contribution in [2.45, 2.75) is 13.8 Å². The van der Waals surface area contributed by atoms with E-state index >= 15 is 0 Å². The predicted molar refractivity (Wildman–Crippen MR) is 81.7 cm³/mol. The van der Waals surface area contributed by atoms with Crippen molar-refractivity contribution in [3.8, 4) is 11.3 Å². The zero-order valence-electron chi connectivity index (χ0n) is 11.2. The highest BCUT2D eigenvalue weighted by Crippen LogP contribution is 2.28. The second kappa shape index (κ2) is 4.72. The van der Waals surface area contributed by atoms with Crippen LogP contribution in [-0.4, -0.2) is 15.0 Å². The Hall–Kier alpha value is -2.20. The summed E-state index contributed by atoms with van der Waals surface area (Å²) in [4.78, 5) is 12.9. The highest BCUT2D eigenvalue weighted by molar-refractivity contribution is 6.29. The van der Waals surface area contributed by atoms with Crippen molar-refractivity contribution in [2.24, 2.45) is 0 Å². The van der Waals surface area contributed by atoms with Gasteiger partial charge in [-0.1, -0.05) is 28.8 Å². The van der Waals surface area contributed by atoms with E-state index in [4.69, 9.17) is 17.3 Å². The average Bonchev–Trinajstić information content (AvgIpc) is 2.37. The molecule has 3 aromatic rings. The van der Waals surface area contributed by atoms with Crippen LogP contribution in [0.5, 0.6) is 0 Å². The first-order valence-corrected chi connectivity index (χ1v) is 6.59. The standard InChI is InChI=1S/C15H13ClN4/c1-8-5-9(2)7-10(6-8)13-14-11(18-15(17)20-13)3-4-12(16)19-14/h3-7H,1-2H3,(H2,17,18,20). The van der Waals surface area contributed by atoms with Crippen LogP contribution in [0.4, 0.5) is 5.95 Å². The summed E-state index contributed by atoms with van der Waals surface area (Å²) in [5, 5.41) is 0.413. The number of fused-ring (bicyclic) bond motifs is 1. The van der Waals surface area contributed by atoms with Gasteiger partial charge in [-0.15, -0.1) is 0 Å². The van der Waals surface area contributed by atoms with E-state index in [-0.39, 0.29) is 5.95 Å². The molecule has 0 saturated heterocycles. The molecule has 0 bridgehead atoms. The Balaban J connectivity index is 2.37. The molecule has 0 aliphatic heterocycles. The van der Waals surface area contributed by atoms with Gasteiger partial charge in [0.25, 0.3) is 0 Å². The average molecular weight is 285 g/mol. The summed E-state index contributed by atoms with van der Waals surface area (Å²) in [7, 11) is 0. The van der Waals surface area contributed by atoms with Gasteiger partial charge in [-0.05, 0) is 38.1 Å². The fraction of sp³-hybridized carbons (Fsp3) is 0.133. The molecule has 0 fully saturated rings. The molecule has 0 unspecified atom stereocenters. The summed E-state index contributed by atoms with van der Waals surface area (Å²) in [5.74, 6) is 0.232. The van der Waals surface area contributed by atoms with Gasteiger partial charge in [0.2, 0.25) is 5.95 Å². The van der Waals surface area contributed by atoms with Crippen molar-refractivity contribution < 1.29 is 0 Å². The zero-order valence-corrected chi connectivity index (χ0v) is 11.9. The maximum atomic E-state index is 5.98. The second-order valence-electron chi connectivity index (χ2n) is 4.81. The van der Waals surface area contributed by atoms with Crippen LogP contribution >= 0.6 is 11.6 Å². The van der Waals surface area contributed by atoms with E-state index in [1.54, 1.807) is 12.1 Å². The minimum Gasteiger partial charge on any atom is -0.368 e. The monoisotopic (exact) mass is 284 g/mol. The molecule has 0 amide bonds. The predicted octanol–water partition coefficient (Wildman–Crippen LogP) is 3.54. The first-order valence-electron chi connectivity index (χ1n) is 6.21. The third kappa shape index (κ3) is 2.30. The number of benzene rings is 1. The molecule has 2 aromatic heterocycles. The molecular formula is C15H13ClN4. The fourth-order valence-electron chi connectivity index (χ4n) is 2.32. The summed E-state index contributed by atoms with van der Waals surface area (Å²) in [6.07, 6.45) is 0. The van der Waals surface area contributed by atoms with Crippen molar-refractivity contribution >= 4 is 28.6 Å². The normalized spacial score (nSPS) is 10.9. The van der Waals surface area contributed by atoms with Gasteiger partial charge in [0.1, 0.15) is 16.4 Å². The van der Waals surface area contributed by atoms with E-state index in [1.807, 2.05) is 13.8 Å². The van der Waals surface area contributed by atoms with Crippen LogP contribution in [0.2, 0.25) is 5.15 Å². The molecule has 0 saturated carbocycles. The Bertz CT molecular complexity index is 794. The van der Waals surface area contributed by atoms with Crippen molar-refractivity contribution in [1.82, 2.24) is 15.0 Å². The summed E-state index contributed by atoms with van der Waals surface area (Å²) in [5.41, 5.74) is 11.1. The summed E-state index contributed by atoms with van der Waals surface area (Å²) >= 11 is 5.98. The van der Waals surface area contributed by atoms with Crippen LogP contribution < -0.4 is 5.73 Å². The minimum atomic E-state index is 0.232. The number of nitrogens with two attached hydrogens (primary N) is 1. The topological polar surface area (TPSA) is 64.7 Å². The van der Waals surface area contributed by atoms with Gasteiger partial charge in [-0.2, -0.15) is 0 Å². The van der Waals surface area contributed by atoms with Crippen LogP contribution in [-0.2, 0) is 0 Å². The van der Waals surface area contributed by atoms with Crippen molar-refractivity contribution in [2.75, 3.05) is 5.73 Å². The van der Waals surface area contributed by atoms with E-state index in [2.05, 4.69) is 33.2 Å². The molecule has 2 heterocycles. The van der Waals surface area contributed by atoms with E-state index in [0.29, 0.717) is 21.9 Å². The third-order valence-electron chi connectivity index (χ3n) is 3.02. The Morgan fingerprint density at radius 1 is 0.950 bits per heavy atom. The van der Waals surface area contributed by atoms with Gasteiger partial charge >= 0.3 is 0 Å². The third-order valence-corrected chi connectivity index (χ3v) is 3.23. The van der Waals surface area contributed by atoms with E-state index in [1.165, 1.54) is 0 Å². The number of rotatable bonds is 1. The maximum Gasteiger partial charge on any atom is 0.221 e. The fourth-order valence-corrected chi connectivity index (χ4v) is 2.47. The lowest BCUT2D eigenvalue weighted by Crippen LogP contribution is -2.00. The summed E-state index contributed by atoms with van der Waals surface area (Å²) in [6, 6.07) is 9.71. The minimum absolute atomic E-state index is 0.232. The van der Waals surface area contributed by atoms with Crippen LogP contribution in [0.3, 0.4) is 0 Å². The SMILES string of the molecule is Cc1cc(C)cc(-c2nc(N)nc3ccc(Cl)nc23)c1. The molecular weight excluding hydrogens is 272 g/mol. The Kier molecular flexibility index (Phi) is 3.03. The summed E-state index contributed by atoms with van der Waals surface area (Å²) < 4.78 is 0. The molecule has 5 heteroatoms. The van der Waals surface area contributed by atoms with Crippen LogP contribution in [0, 0.1) is 13.8 Å². The number of aryl methyl sites for hydroxylation is 2. The first-order chi connectivity index (χ1) is 9.52. The number of hydrogen-bond acceptors (Lipinski definition) is 4. The van der Waals surface area contributed by atoms with Gasteiger partial charge in [0.15, 0.2) is 0 Å².